The first-order chi connectivity index (χ1) is 15.0. The van der Waals surface area contributed by atoms with Crippen LogP contribution >= 0.6 is 0 Å². The molecule has 0 aromatic rings. The van der Waals surface area contributed by atoms with Gasteiger partial charge in [-0.1, -0.05) is 19.3 Å². The number of rotatable bonds is 6. The molecule has 0 spiro atoms. The molecule has 4 rings (SSSR count). The largest absolute Gasteiger partial charge is 0.383 e. The molecule has 7 heteroatoms. The molecule has 3 amide bonds. The van der Waals surface area contributed by atoms with Gasteiger partial charge in [0.1, 0.15) is 0 Å². The fourth-order valence-corrected chi connectivity index (χ4v) is 6.43. The molecule has 3 heterocycles. The summed E-state index contributed by atoms with van der Waals surface area (Å²) in [4.78, 5) is 45.7. The molecule has 31 heavy (non-hydrogen) atoms. The SMILES string of the molecule is COCCN1C(=O)CC[C@]2(C(=O)N3CCCC3)CN(C(=O)CC3CCCCC3)CC[C@@H]12. The van der Waals surface area contributed by atoms with Gasteiger partial charge in [-0.05, 0) is 44.4 Å². The number of hydrogen-bond acceptors (Lipinski definition) is 4. The van der Waals surface area contributed by atoms with Gasteiger partial charge in [0.25, 0.3) is 0 Å². The van der Waals surface area contributed by atoms with Crippen molar-refractivity contribution in [3.8, 4) is 0 Å². The van der Waals surface area contributed by atoms with Crippen LogP contribution in [0.15, 0.2) is 0 Å². The Balaban J connectivity index is 1.54. The van der Waals surface area contributed by atoms with Crippen molar-refractivity contribution in [2.45, 2.75) is 76.7 Å². The Kier molecular flexibility index (Phi) is 7.19. The Bertz CT molecular complexity index is 672. The standard InChI is InChI=1S/C24H39N3O4/c1-31-16-15-27-20-10-14-26(22(29)17-19-7-3-2-4-8-19)18-24(20,11-9-21(27)28)23(30)25-12-5-6-13-25/h19-20H,2-18H2,1H3/t20-,24+/m1/s1. The second-order valence-electron chi connectivity index (χ2n) is 10.1. The van der Waals surface area contributed by atoms with Gasteiger partial charge in [0.05, 0.1) is 12.0 Å². The van der Waals surface area contributed by atoms with E-state index in [0.29, 0.717) is 57.8 Å². The van der Waals surface area contributed by atoms with E-state index in [1.807, 2.05) is 14.7 Å². The highest BCUT2D eigenvalue weighted by atomic mass is 16.5. The third-order valence-electron chi connectivity index (χ3n) is 8.16. The number of carbonyl (C=O) groups is 3. The highest BCUT2D eigenvalue weighted by Gasteiger charge is 2.56. The van der Waals surface area contributed by atoms with Crippen LogP contribution in [0.25, 0.3) is 0 Å². The molecular weight excluding hydrogens is 394 g/mol. The summed E-state index contributed by atoms with van der Waals surface area (Å²) in [7, 11) is 1.64. The molecular formula is C24H39N3O4. The molecule has 0 aromatic carbocycles. The topological polar surface area (TPSA) is 70.2 Å². The van der Waals surface area contributed by atoms with Gasteiger partial charge < -0.3 is 19.4 Å². The number of hydrogen-bond donors (Lipinski definition) is 0. The van der Waals surface area contributed by atoms with Crippen molar-refractivity contribution >= 4 is 17.7 Å². The summed E-state index contributed by atoms with van der Waals surface area (Å²) < 4.78 is 5.26. The van der Waals surface area contributed by atoms with E-state index < -0.39 is 5.41 Å². The molecule has 174 valence electrons. The number of nitrogens with zero attached hydrogens (tertiary/aromatic N) is 3. The minimum absolute atomic E-state index is 0.119. The second kappa shape index (κ2) is 9.88. The zero-order valence-corrected chi connectivity index (χ0v) is 19.2. The lowest BCUT2D eigenvalue weighted by atomic mass is 9.67. The molecule has 3 aliphatic heterocycles. The maximum atomic E-state index is 13.9. The molecule has 4 aliphatic rings. The lowest BCUT2D eigenvalue weighted by molar-refractivity contribution is -0.167. The first-order valence-corrected chi connectivity index (χ1v) is 12.4. The summed E-state index contributed by atoms with van der Waals surface area (Å²) in [6.07, 6.45) is 10.4. The molecule has 4 fully saturated rings. The average Bonchev–Trinajstić information content (AvgIpc) is 3.33. The average molecular weight is 434 g/mol. The van der Waals surface area contributed by atoms with Gasteiger partial charge in [0.2, 0.25) is 17.7 Å². The van der Waals surface area contributed by atoms with Crippen molar-refractivity contribution < 1.29 is 19.1 Å². The molecule has 0 aromatic heterocycles. The zero-order chi connectivity index (χ0) is 21.8. The first-order valence-electron chi connectivity index (χ1n) is 12.4. The van der Waals surface area contributed by atoms with Crippen LogP contribution in [0.2, 0.25) is 0 Å². The number of methoxy groups -OCH3 is 1. The van der Waals surface area contributed by atoms with E-state index in [1.54, 1.807) is 7.11 Å². The third-order valence-corrected chi connectivity index (χ3v) is 8.16. The van der Waals surface area contributed by atoms with Crippen molar-refractivity contribution in [1.82, 2.24) is 14.7 Å². The van der Waals surface area contributed by atoms with E-state index in [-0.39, 0.29) is 23.8 Å². The van der Waals surface area contributed by atoms with Crippen LogP contribution in [0, 0.1) is 11.3 Å². The second-order valence-corrected chi connectivity index (χ2v) is 10.1. The van der Waals surface area contributed by atoms with Gasteiger partial charge in [-0.15, -0.1) is 0 Å². The fraction of sp³-hybridized carbons (Fsp3) is 0.875. The Morgan fingerprint density at radius 1 is 1.00 bits per heavy atom. The Labute approximate surface area is 186 Å². The molecule has 0 N–H and O–H groups in total. The molecule has 0 radical (unpaired) electrons. The minimum atomic E-state index is -0.660. The van der Waals surface area contributed by atoms with Crippen molar-refractivity contribution in [3.63, 3.8) is 0 Å². The Hall–Kier alpha value is -1.63. The van der Waals surface area contributed by atoms with Gasteiger partial charge in [-0.3, -0.25) is 14.4 Å². The summed E-state index contributed by atoms with van der Waals surface area (Å²) in [5.74, 6) is 0.989. The summed E-state index contributed by atoms with van der Waals surface area (Å²) in [5, 5.41) is 0. The number of carbonyl (C=O) groups excluding carboxylic acids is 3. The zero-order valence-electron chi connectivity index (χ0n) is 19.2. The highest BCUT2D eigenvalue weighted by Crippen LogP contribution is 2.44. The predicted octanol–water partition coefficient (Wildman–Crippen LogP) is 2.44. The van der Waals surface area contributed by atoms with Crippen LogP contribution in [0.4, 0.5) is 0 Å². The molecule has 0 bridgehead atoms. The third kappa shape index (κ3) is 4.62. The summed E-state index contributed by atoms with van der Waals surface area (Å²) in [6.45, 7) is 3.70. The fourth-order valence-electron chi connectivity index (χ4n) is 6.43. The number of amides is 3. The Morgan fingerprint density at radius 3 is 2.45 bits per heavy atom. The van der Waals surface area contributed by atoms with Gasteiger partial charge in [0.15, 0.2) is 0 Å². The monoisotopic (exact) mass is 433 g/mol. The van der Waals surface area contributed by atoms with Crippen LogP contribution in [0.3, 0.4) is 0 Å². The molecule has 1 saturated carbocycles. The lowest BCUT2D eigenvalue weighted by Crippen LogP contribution is -2.68. The lowest BCUT2D eigenvalue weighted by Gasteiger charge is -2.54. The number of fused-ring (bicyclic) bond motifs is 1. The summed E-state index contributed by atoms with van der Waals surface area (Å²) in [5.41, 5.74) is -0.660. The number of ether oxygens (including phenoxy) is 1. The van der Waals surface area contributed by atoms with E-state index in [0.717, 1.165) is 38.8 Å². The van der Waals surface area contributed by atoms with Crippen molar-refractivity contribution in [2.75, 3.05) is 46.4 Å². The van der Waals surface area contributed by atoms with Gasteiger partial charge >= 0.3 is 0 Å². The summed E-state index contributed by atoms with van der Waals surface area (Å²) >= 11 is 0. The van der Waals surface area contributed by atoms with Crippen molar-refractivity contribution in [2.24, 2.45) is 11.3 Å². The van der Waals surface area contributed by atoms with Crippen LogP contribution in [0.1, 0.15) is 70.6 Å². The number of likely N-dealkylation sites (tertiary alicyclic amines) is 3. The quantitative estimate of drug-likeness (QED) is 0.645. The minimum Gasteiger partial charge on any atom is -0.383 e. The van der Waals surface area contributed by atoms with Crippen molar-refractivity contribution in [1.29, 1.82) is 0 Å². The van der Waals surface area contributed by atoms with E-state index in [1.165, 1.54) is 19.3 Å². The van der Waals surface area contributed by atoms with E-state index in [9.17, 15) is 14.4 Å². The predicted molar refractivity (Wildman–Crippen MR) is 117 cm³/mol. The van der Waals surface area contributed by atoms with Crippen LogP contribution in [0.5, 0.6) is 0 Å². The molecule has 1 aliphatic carbocycles. The van der Waals surface area contributed by atoms with Crippen LogP contribution in [-0.2, 0) is 19.1 Å². The van der Waals surface area contributed by atoms with E-state index >= 15 is 0 Å². The summed E-state index contributed by atoms with van der Waals surface area (Å²) in [6, 6.07) is -0.129. The van der Waals surface area contributed by atoms with Gasteiger partial charge in [0, 0.05) is 58.7 Å². The number of piperidine rings is 2. The van der Waals surface area contributed by atoms with Gasteiger partial charge in [-0.25, -0.2) is 0 Å². The van der Waals surface area contributed by atoms with Crippen LogP contribution < -0.4 is 0 Å². The van der Waals surface area contributed by atoms with E-state index in [4.69, 9.17) is 4.74 Å². The van der Waals surface area contributed by atoms with Crippen molar-refractivity contribution in [3.05, 3.63) is 0 Å². The maximum absolute atomic E-state index is 13.9. The molecule has 3 saturated heterocycles. The van der Waals surface area contributed by atoms with Crippen LogP contribution in [-0.4, -0.2) is 84.9 Å². The molecule has 7 nitrogen and oxygen atoms in total. The first kappa shape index (κ1) is 22.6. The van der Waals surface area contributed by atoms with Gasteiger partial charge in [-0.2, -0.15) is 0 Å². The normalized spacial score (nSPS) is 29.9. The smallest absolute Gasteiger partial charge is 0.232 e. The Morgan fingerprint density at radius 2 is 1.74 bits per heavy atom. The maximum Gasteiger partial charge on any atom is 0.232 e. The highest BCUT2D eigenvalue weighted by molar-refractivity contribution is 5.89. The molecule has 0 unspecified atom stereocenters. The van der Waals surface area contributed by atoms with E-state index in [2.05, 4.69) is 0 Å². The molecule has 2 atom stereocenters.